The summed E-state index contributed by atoms with van der Waals surface area (Å²) in [5.41, 5.74) is 1.68. The summed E-state index contributed by atoms with van der Waals surface area (Å²) < 4.78 is 1.58. The fraction of sp³-hybridized carbons (Fsp3) is 0.125. The van der Waals surface area contributed by atoms with Crippen LogP contribution < -0.4 is 0 Å². The number of hydrogen-bond donors (Lipinski definition) is 0. The number of benzene rings is 1. The first-order valence-electron chi connectivity index (χ1n) is 3.18. The zero-order valence-corrected chi connectivity index (χ0v) is 9.44. The Morgan fingerprint density at radius 1 is 1.33 bits per heavy atom. The Balaban J connectivity index is 3.37. The molecule has 2 nitrogen and oxygen atoms in total. The fourth-order valence-corrected chi connectivity index (χ4v) is 2.44. The molecule has 0 amide bonds. The summed E-state index contributed by atoms with van der Waals surface area (Å²) in [6.07, 6.45) is 1.50. The molecule has 0 N–H and O–H groups in total. The monoisotopic (exact) mass is 289 g/mol. The van der Waals surface area contributed by atoms with Crippen LogP contribution in [-0.2, 0) is 4.79 Å². The summed E-state index contributed by atoms with van der Waals surface area (Å²) in [7, 11) is 0. The van der Waals surface area contributed by atoms with E-state index in [0.29, 0.717) is 5.69 Å². The van der Waals surface area contributed by atoms with Gasteiger partial charge in [-0.25, -0.2) is 4.79 Å². The Bertz CT molecular complexity index is 333. The number of nitrogens with zero attached hydrogens (tertiary/aromatic N) is 1. The predicted octanol–water partition coefficient (Wildman–Crippen LogP) is 3.49. The van der Waals surface area contributed by atoms with E-state index in [2.05, 4.69) is 36.9 Å². The average molecular weight is 291 g/mol. The maximum atomic E-state index is 10.0. The van der Waals surface area contributed by atoms with Crippen LogP contribution in [0.25, 0.3) is 0 Å². The zero-order chi connectivity index (χ0) is 9.14. The first kappa shape index (κ1) is 9.65. The first-order chi connectivity index (χ1) is 5.65. The second kappa shape index (κ2) is 3.99. The smallest absolute Gasteiger partial charge is 0.211 e. The van der Waals surface area contributed by atoms with E-state index in [0.717, 1.165) is 14.5 Å². The third-order valence-electron chi connectivity index (χ3n) is 1.32. The lowest BCUT2D eigenvalue weighted by atomic mass is 10.2. The van der Waals surface area contributed by atoms with Gasteiger partial charge in [-0.05, 0) is 56.5 Å². The molecule has 0 unspecified atom stereocenters. The molecular formula is C8H5Br2NO. The van der Waals surface area contributed by atoms with Gasteiger partial charge in [0.05, 0.1) is 0 Å². The maximum Gasteiger partial charge on any atom is 0.240 e. The summed E-state index contributed by atoms with van der Waals surface area (Å²) >= 11 is 6.59. The molecule has 0 fully saturated rings. The van der Waals surface area contributed by atoms with Gasteiger partial charge in [-0.3, -0.25) is 0 Å². The van der Waals surface area contributed by atoms with Crippen molar-refractivity contribution < 1.29 is 4.79 Å². The predicted molar refractivity (Wildman–Crippen MR) is 54.4 cm³/mol. The summed E-state index contributed by atoms with van der Waals surface area (Å²) in [6.45, 7) is 1.96. The molecule has 0 saturated heterocycles. The molecular weight excluding hydrogens is 286 g/mol. The molecule has 0 saturated carbocycles. The fourth-order valence-electron chi connectivity index (χ4n) is 0.845. The molecule has 0 spiro atoms. The average Bonchev–Trinajstić information content (AvgIpc) is 1.96. The zero-order valence-electron chi connectivity index (χ0n) is 6.27. The molecule has 0 radical (unpaired) electrons. The molecule has 1 aromatic carbocycles. The first-order valence-corrected chi connectivity index (χ1v) is 4.77. The van der Waals surface area contributed by atoms with Crippen LogP contribution in [0.3, 0.4) is 0 Å². The van der Waals surface area contributed by atoms with Crippen molar-refractivity contribution in [2.24, 2.45) is 4.99 Å². The van der Waals surface area contributed by atoms with Crippen molar-refractivity contribution in [3.63, 3.8) is 0 Å². The van der Waals surface area contributed by atoms with Gasteiger partial charge >= 0.3 is 0 Å². The minimum absolute atomic E-state index is 0.579. The van der Waals surface area contributed by atoms with Crippen molar-refractivity contribution in [3.05, 3.63) is 26.6 Å². The van der Waals surface area contributed by atoms with E-state index in [9.17, 15) is 4.79 Å². The van der Waals surface area contributed by atoms with Crippen LogP contribution in [0.15, 0.2) is 26.1 Å². The lowest BCUT2D eigenvalue weighted by molar-refractivity contribution is 0.565. The van der Waals surface area contributed by atoms with Gasteiger partial charge < -0.3 is 0 Å². The van der Waals surface area contributed by atoms with Gasteiger partial charge in [-0.2, -0.15) is 4.99 Å². The summed E-state index contributed by atoms with van der Waals surface area (Å²) in [5.74, 6) is 0. The number of isocyanates is 1. The standard InChI is InChI=1S/C8H5Br2NO/c1-5-2-6(9)8(11-4-12)7(10)3-5/h2-3H,1H3. The summed E-state index contributed by atoms with van der Waals surface area (Å²) in [4.78, 5) is 13.6. The van der Waals surface area contributed by atoms with Crippen LogP contribution in [0, 0.1) is 6.92 Å². The third kappa shape index (κ3) is 2.03. The SMILES string of the molecule is Cc1cc(Br)c(N=C=O)c(Br)c1. The van der Waals surface area contributed by atoms with Gasteiger partial charge in [-0.15, -0.1) is 0 Å². The maximum absolute atomic E-state index is 10.0. The van der Waals surface area contributed by atoms with Crippen LogP contribution in [-0.4, -0.2) is 6.08 Å². The van der Waals surface area contributed by atoms with Crippen molar-refractivity contribution in [2.45, 2.75) is 6.92 Å². The van der Waals surface area contributed by atoms with E-state index in [4.69, 9.17) is 0 Å². The Kier molecular flexibility index (Phi) is 3.20. The van der Waals surface area contributed by atoms with Crippen molar-refractivity contribution in [3.8, 4) is 0 Å². The Morgan fingerprint density at radius 2 is 1.83 bits per heavy atom. The van der Waals surface area contributed by atoms with Gasteiger partial charge in [0.2, 0.25) is 6.08 Å². The van der Waals surface area contributed by atoms with E-state index in [1.807, 2.05) is 19.1 Å². The summed E-state index contributed by atoms with van der Waals surface area (Å²) in [6, 6.07) is 3.78. The molecule has 0 atom stereocenters. The molecule has 1 rings (SSSR count). The minimum Gasteiger partial charge on any atom is -0.211 e. The molecule has 1 aromatic rings. The molecule has 12 heavy (non-hydrogen) atoms. The number of aryl methyl sites for hydroxylation is 1. The van der Waals surface area contributed by atoms with Crippen molar-refractivity contribution in [1.29, 1.82) is 0 Å². The normalized spacial score (nSPS) is 9.25. The van der Waals surface area contributed by atoms with Crippen LogP contribution in [0.4, 0.5) is 5.69 Å². The van der Waals surface area contributed by atoms with Gasteiger partial charge in [0.15, 0.2) is 0 Å². The lowest BCUT2D eigenvalue weighted by Gasteiger charge is -2.00. The van der Waals surface area contributed by atoms with Gasteiger partial charge in [0.1, 0.15) is 5.69 Å². The quantitative estimate of drug-likeness (QED) is 0.575. The molecule has 0 heterocycles. The molecule has 0 aliphatic carbocycles. The van der Waals surface area contributed by atoms with E-state index in [1.54, 1.807) is 0 Å². The van der Waals surface area contributed by atoms with Crippen LogP contribution in [0.5, 0.6) is 0 Å². The number of halogens is 2. The highest BCUT2D eigenvalue weighted by Gasteiger charge is 2.03. The largest absolute Gasteiger partial charge is 0.240 e. The third-order valence-corrected chi connectivity index (χ3v) is 2.53. The highest BCUT2D eigenvalue weighted by Crippen LogP contribution is 2.34. The Morgan fingerprint density at radius 3 is 2.25 bits per heavy atom. The van der Waals surface area contributed by atoms with Crippen molar-refractivity contribution in [1.82, 2.24) is 0 Å². The van der Waals surface area contributed by atoms with E-state index in [1.165, 1.54) is 6.08 Å². The van der Waals surface area contributed by atoms with E-state index in [-0.39, 0.29) is 0 Å². The highest BCUT2D eigenvalue weighted by atomic mass is 79.9. The number of hydrogen-bond acceptors (Lipinski definition) is 2. The van der Waals surface area contributed by atoms with Gasteiger partial charge in [0, 0.05) is 8.95 Å². The summed E-state index contributed by atoms with van der Waals surface area (Å²) in [5, 5.41) is 0. The number of rotatable bonds is 1. The second-order valence-electron chi connectivity index (χ2n) is 2.28. The minimum atomic E-state index is 0.579. The molecule has 0 aliphatic heterocycles. The molecule has 0 aliphatic rings. The number of aliphatic imine (C=N–C) groups is 1. The lowest BCUT2D eigenvalue weighted by Crippen LogP contribution is -1.76. The van der Waals surface area contributed by atoms with Crippen LogP contribution in [0.2, 0.25) is 0 Å². The molecule has 62 valence electrons. The van der Waals surface area contributed by atoms with Crippen LogP contribution in [0.1, 0.15) is 5.56 Å². The van der Waals surface area contributed by atoms with Crippen molar-refractivity contribution >= 4 is 43.6 Å². The second-order valence-corrected chi connectivity index (χ2v) is 3.99. The van der Waals surface area contributed by atoms with Crippen LogP contribution >= 0.6 is 31.9 Å². The Labute approximate surface area is 87.0 Å². The Hall–Kier alpha value is -0.440. The van der Waals surface area contributed by atoms with Crippen molar-refractivity contribution in [2.75, 3.05) is 0 Å². The highest BCUT2D eigenvalue weighted by molar-refractivity contribution is 9.11. The van der Waals surface area contributed by atoms with E-state index >= 15 is 0 Å². The molecule has 0 bridgehead atoms. The van der Waals surface area contributed by atoms with E-state index < -0.39 is 0 Å². The topological polar surface area (TPSA) is 29.4 Å². The molecule has 4 heteroatoms. The van der Waals surface area contributed by atoms with Gasteiger partial charge in [-0.1, -0.05) is 0 Å². The molecule has 0 aromatic heterocycles. The number of carbonyl (C=O) groups excluding carboxylic acids is 1. The van der Waals surface area contributed by atoms with Gasteiger partial charge in [0.25, 0.3) is 0 Å².